The van der Waals surface area contributed by atoms with Gasteiger partial charge in [-0.25, -0.2) is 4.98 Å². The number of amides is 1. The third kappa shape index (κ3) is 4.93. The molecule has 0 aliphatic carbocycles. The minimum Gasteiger partial charge on any atom is -0.361 e. The molecule has 1 aromatic carbocycles. The number of aromatic nitrogens is 2. The van der Waals surface area contributed by atoms with Crippen molar-refractivity contribution in [3.63, 3.8) is 0 Å². The molecule has 3 aromatic rings. The number of likely N-dealkylation sites (N-methyl/N-ethyl adjacent to an activating group) is 2. The van der Waals surface area contributed by atoms with E-state index in [-0.39, 0.29) is 11.9 Å². The summed E-state index contributed by atoms with van der Waals surface area (Å²) >= 11 is 1.53. The van der Waals surface area contributed by atoms with Crippen molar-refractivity contribution in [2.45, 2.75) is 38.6 Å². The molecule has 1 amide bonds. The summed E-state index contributed by atoms with van der Waals surface area (Å²) in [4.78, 5) is 28.6. The van der Waals surface area contributed by atoms with E-state index in [0.29, 0.717) is 0 Å². The van der Waals surface area contributed by atoms with Crippen molar-refractivity contribution < 1.29 is 4.79 Å². The van der Waals surface area contributed by atoms with Crippen LogP contribution in [0.25, 0.3) is 10.9 Å². The lowest BCUT2D eigenvalue weighted by Gasteiger charge is -2.32. The van der Waals surface area contributed by atoms with Gasteiger partial charge in [-0.05, 0) is 31.5 Å². The predicted molar refractivity (Wildman–Crippen MR) is 129 cm³/mol. The van der Waals surface area contributed by atoms with Crippen molar-refractivity contribution in [3.05, 3.63) is 47.1 Å². The molecule has 166 valence electrons. The number of thiazole rings is 1. The Kier molecular flexibility index (Phi) is 6.92. The molecule has 31 heavy (non-hydrogen) atoms. The number of unbranched alkanes of at least 4 members (excludes halogenated alkanes) is 1. The number of hydrogen-bond acceptors (Lipinski definition) is 5. The Morgan fingerprint density at radius 1 is 1.26 bits per heavy atom. The zero-order valence-electron chi connectivity index (χ0n) is 18.8. The molecule has 1 aliphatic heterocycles. The molecule has 4 rings (SSSR count). The lowest BCUT2D eigenvalue weighted by molar-refractivity contribution is 0.0726. The van der Waals surface area contributed by atoms with Gasteiger partial charge in [-0.3, -0.25) is 4.79 Å². The minimum atomic E-state index is 0.0822. The van der Waals surface area contributed by atoms with Crippen LogP contribution in [0.4, 0.5) is 5.13 Å². The van der Waals surface area contributed by atoms with Crippen LogP contribution >= 0.6 is 11.3 Å². The molecule has 0 radical (unpaired) electrons. The van der Waals surface area contributed by atoms with Gasteiger partial charge < -0.3 is 19.7 Å². The zero-order chi connectivity index (χ0) is 21.8. The van der Waals surface area contributed by atoms with Crippen molar-refractivity contribution >= 4 is 33.3 Å². The molecular formula is C24H33N5OS. The number of rotatable bonds is 8. The first kappa shape index (κ1) is 21.8. The number of anilines is 1. The summed E-state index contributed by atoms with van der Waals surface area (Å²) in [7, 11) is 4.10. The average molecular weight is 440 g/mol. The third-order valence-electron chi connectivity index (χ3n) is 6.37. The fourth-order valence-electron chi connectivity index (χ4n) is 4.27. The molecule has 0 saturated carbocycles. The second kappa shape index (κ2) is 9.83. The van der Waals surface area contributed by atoms with Crippen molar-refractivity contribution in [1.29, 1.82) is 0 Å². The highest BCUT2D eigenvalue weighted by Gasteiger charge is 2.25. The zero-order valence-corrected chi connectivity index (χ0v) is 19.6. The fourth-order valence-corrected chi connectivity index (χ4v) is 5.22. The average Bonchev–Trinajstić information content (AvgIpc) is 3.44. The molecule has 1 N–H and O–H groups in total. The van der Waals surface area contributed by atoms with E-state index < -0.39 is 0 Å². The summed E-state index contributed by atoms with van der Waals surface area (Å²) in [6.45, 7) is 6.20. The number of nitrogens with zero attached hydrogens (tertiary/aromatic N) is 4. The Bertz CT molecular complexity index is 1000. The van der Waals surface area contributed by atoms with Crippen LogP contribution in [0.3, 0.4) is 0 Å². The molecular weight excluding hydrogens is 406 g/mol. The van der Waals surface area contributed by atoms with Crippen LogP contribution in [0.2, 0.25) is 0 Å². The number of nitrogens with one attached hydrogen (secondary N) is 1. The van der Waals surface area contributed by atoms with Gasteiger partial charge >= 0.3 is 0 Å². The lowest BCUT2D eigenvalue weighted by Crippen LogP contribution is -2.44. The van der Waals surface area contributed by atoms with Gasteiger partial charge in [-0.15, -0.1) is 0 Å². The van der Waals surface area contributed by atoms with Gasteiger partial charge in [0.15, 0.2) is 5.13 Å². The number of H-pyrrole nitrogens is 1. The molecule has 7 heteroatoms. The van der Waals surface area contributed by atoms with Gasteiger partial charge in [0.2, 0.25) is 0 Å². The Balaban J connectivity index is 1.49. The van der Waals surface area contributed by atoms with E-state index in [4.69, 9.17) is 0 Å². The highest BCUT2D eigenvalue weighted by atomic mass is 32.1. The van der Waals surface area contributed by atoms with E-state index in [1.807, 2.05) is 11.9 Å². The molecule has 2 aromatic heterocycles. The first-order valence-corrected chi connectivity index (χ1v) is 12.1. The van der Waals surface area contributed by atoms with Gasteiger partial charge in [0, 0.05) is 56.4 Å². The maximum atomic E-state index is 13.4. The monoisotopic (exact) mass is 439 g/mol. The SMILES string of the molecule is CCCCC(Cc1c[nH]c2ccccc12)N(C)C(=O)c1cnc(N2CCN(C)CC2)s1. The van der Waals surface area contributed by atoms with Gasteiger partial charge in [0.1, 0.15) is 4.88 Å². The molecule has 1 saturated heterocycles. The Labute approximate surface area is 188 Å². The quantitative estimate of drug-likeness (QED) is 0.570. The van der Waals surface area contributed by atoms with Crippen molar-refractivity contribution in [2.24, 2.45) is 0 Å². The molecule has 1 unspecified atom stereocenters. The molecule has 3 heterocycles. The number of aromatic amines is 1. The second-order valence-corrected chi connectivity index (χ2v) is 9.58. The Morgan fingerprint density at radius 2 is 2.03 bits per heavy atom. The number of carbonyl (C=O) groups excluding carboxylic acids is 1. The third-order valence-corrected chi connectivity index (χ3v) is 7.41. The van der Waals surface area contributed by atoms with Crippen molar-refractivity contribution in [1.82, 2.24) is 19.8 Å². The summed E-state index contributed by atoms with van der Waals surface area (Å²) in [5.41, 5.74) is 2.43. The van der Waals surface area contributed by atoms with Crippen LogP contribution in [0.5, 0.6) is 0 Å². The molecule has 1 fully saturated rings. The molecule has 1 atom stereocenters. The van der Waals surface area contributed by atoms with Crippen LogP contribution in [0.1, 0.15) is 41.4 Å². The highest BCUT2D eigenvalue weighted by Crippen LogP contribution is 2.27. The topological polar surface area (TPSA) is 55.5 Å². The van der Waals surface area contributed by atoms with Gasteiger partial charge in [-0.2, -0.15) is 0 Å². The fraction of sp³-hybridized carbons (Fsp3) is 0.500. The maximum Gasteiger partial charge on any atom is 0.265 e. The minimum absolute atomic E-state index is 0.0822. The molecule has 0 spiro atoms. The molecule has 6 nitrogen and oxygen atoms in total. The molecule has 0 bridgehead atoms. The van der Waals surface area contributed by atoms with Gasteiger partial charge in [0.05, 0.1) is 6.20 Å². The van der Waals surface area contributed by atoms with Gasteiger partial charge in [0.25, 0.3) is 5.91 Å². The number of hydrogen-bond donors (Lipinski definition) is 1. The summed E-state index contributed by atoms with van der Waals surface area (Å²) in [6, 6.07) is 8.56. The summed E-state index contributed by atoms with van der Waals surface area (Å²) in [5, 5.41) is 2.21. The summed E-state index contributed by atoms with van der Waals surface area (Å²) in [5.74, 6) is 0.0822. The summed E-state index contributed by atoms with van der Waals surface area (Å²) < 4.78 is 0. The number of carbonyl (C=O) groups is 1. The normalized spacial score (nSPS) is 16.0. The van der Waals surface area contributed by atoms with E-state index in [2.05, 4.69) is 64.2 Å². The predicted octanol–water partition coefficient (Wildman–Crippen LogP) is 4.25. The smallest absolute Gasteiger partial charge is 0.265 e. The first-order chi connectivity index (χ1) is 15.1. The standard InChI is InChI=1S/C24H33N5OS/c1-4-5-8-19(15-18-16-25-21-10-7-6-9-20(18)21)28(3)23(30)22-17-26-24(31-22)29-13-11-27(2)12-14-29/h6-7,9-10,16-17,19,25H,4-5,8,11-15H2,1-3H3. The van der Waals surface area contributed by atoms with Crippen LogP contribution in [-0.4, -0.2) is 72.0 Å². The Hall–Kier alpha value is -2.38. The van der Waals surface area contributed by atoms with Crippen LogP contribution in [0.15, 0.2) is 36.7 Å². The van der Waals surface area contributed by atoms with Gasteiger partial charge in [-0.1, -0.05) is 49.3 Å². The van der Waals surface area contributed by atoms with E-state index in [1.165, 1.54) is 22.3 Å². The van der Waals surface area contributed by atoms with E-state index in [1.54, 1.807) is 6.20 Å². The van der Waals surface area contributed by atoms with Crippen molar-refractivity contribution in [2.75, 3.05) is 45.2 Å². The van der Waals surface area contributed by atoms with Crippen LogP contribution < -0.4 is 4.90 Å². The molecule has 1 aliphatic rings. The second-order valence-electron chi connectivity index (χ2n) is 8.57. The summed E-state index contributed by atoms with van der Waals surface area (Å²) in [6.07, 6.45) is 7.96. The van der Waals surface area contributed by atoms with Crippen molar-refractivity contribution in [3.8, 4) is 0 Å². The van der Waals surface area contributed by atoms with E-state index in [0.717, 1.165) is 67.4 Å². The number of para-hydroxylation sites is 1. The largest absolute Gasteiger partial charge is 0.361 e. The maximum absolute atomic E-state index is 13.4. The number of piperazine rings is 1. The van der Waals surface area contributed by atoms with Crippen LogP contribution in [0, 0.1) is 0 Å². The van der Waals surface area contributed by atoms with Crippen LogP contribution in [-0.2, 0) is 6.42 Å². The Morgan fingerprint density at radius 3 is 2.81 bits per heavy atom. The highest BCUT2D eigenvalue weighted by molar-refractivity contribution is 7.17. The number of benzene rings is 1. The number of fused-ring (bicyclic) bond motifs is 1. The lowest BCUT2D eigenvalue weighted by atomic mass is 9.99. The first-order valence-electron chi connectivity index (χ1n) is 11.3. The van der Waals surface area contributed by atoms with E-state index >= 15 is 0 Å². The van der Waals surface area contributed by atoms with E-state index in [9.17, 15) is 4.79 Å².